The van der Waals surface area contributed by atoms with E-state index >= 15 is 0 Å². The zero-order valence-electron chi connectivity index (χ0n) is 10.0. The Balaban J connectivity index is 2.43. The van der Waals surface area contributed by atoms with Crippen molar-refractivity contribution in [1.82, 2.24) is 0 Å². The highest BCUT2D eigenvalue weighted by Crippen LogP contribution is 2.15. The van der Waals surface area contributed by atoms with E-state index in [1.165, 1.54) is 23.1 Å². The molecule has 0 heterocycles. The Kier molecular flexibility index (Phi) is 5.17. The molecule has 0 aliphatic heterocycles. The summed E-state index contributed by atoms with van der Waals surface area (Å²) in [4.78, 5) is 0. The van der Waals surface area contributed by atoms with Crippen LogP contribution in [0.3, 0.4) is 0 Å². The first-order valence-corrected chi connectivity index (χ1v) is 6.26. The fourth-order valence-electron chi connectivity index (χ4n) is 1.95. The minimum atomic E-state index is 0.357. The van der Waals surface area contributed by atoms with Crippen LogP contribution in [0.15, 0.2) is 18.2 Å². The Hall–Kier alpha value is -0.490. The first kappa shape index (κ1) is 12.6. The molecule has 0 amide bonds. The molecule has 0 aromatic heterocycles. The molecule has 0 aliphatic rings. The van der Waals surface area contributed by atoms with Gasteiger partial charge in [0.05, 0.1) is 0 Å². The van der Waals surface area contributed by atoms with Crippen molar-refractivity contribution < 1.29 is 0 Å². The maximum Gasteiger partial charge on any atom is 0.0333 e. The predicted molar refractivity (Wildman–Crippen MR) is 68.8 cm³/mol. The number of hydrogen-bond donors (Lipinski definition) is 0. The van der Waals surface area contributed by atoms with Crippen LogP contribution < -0.4 is 0 Å². The second-order valence-electron chi connectivity index (χ2n) is 4.39. The van der Waals surface area contributed by atoms with Crippen molar-refractivity contribution in [2.45, 2.75) is 51.8 Å². The Morgan fingerprint density at radius 2 is 1.73 bits per heavy atom. The lowest BCUT2D eigenvalue weighted by molar-refractivity contribution is 0.674. The van der Waals surface area contributed by atoms with Crippen LogP contribution in [0, 0.1) is 13.8 Å². The minimum Gasteiger partial charge on any atom is -0.123 e. The second kappa shape index (κ2) is 6.17. The van der Waals surface area contributed by atoms with Gasteiger partial charge in [-0.1, -0.05) is 36.2 Å². The molecule has 0 aliphatic carbocycles. The molecule has 1 heteroatoms. The van der Waals surface area contributed by atoms with E-state index in [0.29, 0.717) is 5.38 Å². The van der Waals surface area contributed by atoms with Crippen LogP contribution in [0.5, 0.6) is 0 Å². The molecule has 1 rings (SSSR count). The van der Waals surface area contributed by atoms with Crippen molar-refractivity contribution in [1.29, 1.82) is 0 Å². The number of benzene rings is 1. The summed E-state index contributed by atoms with van der Waals surface area (Å²) in [6.45, 7) is 6.47. The van der Waals surface area contributed by atoms with Gasteiger partial charge < -0.3 is 0 Å². The average Bonchev–Trinajstić information content (AvgIpc) is 2.16. The Morgan fingerprint density at radius 3 is 2.27 bits per heavy atom. The second-order valence-corrected chi connectivity index (χ2v) is 5.01. The van der Waals surface area contributed by atoms with Gasteiger partial charge in [-0.3, -0.25) is 0 Å². The number of rotatable bonds is 5. The summed E-state index contributed by atoms with van der Waals surface area (Å²) in [5.41, 5.74) is 4.18. The largest absolute Gasteiger partial charge is 0.123 e. The smallest absolute Gasteiger partial charge is 0.0333 e. The van der Waals surface area contributed by atoms with E-state index in [-0.39, 0.29) is 0 Å². The van der Waals surface area contributed by atoms with Crippen LogP contribution in [-0.2, 0) is 6.42 Å². The lowest BCUT2D eigenvalue weighted by Crippen LogP contribution is -1.97. The molecule has 1 aromatic carbocycles. The summed E-state index contributed by atoms with van der Waals surface area (Å²) in [6.07, 6.45) is 4.57. The molecule has 0 saturated heterocycles. The van der Waals surface area contributed by atoms with Gasteiger partial charge in [-0.2, -0.15) is 0 Å². The highest BCUT2D eigenvalue weighted by Gasteiger charge is 2.01. The van der Waals surface area contributed by atoms with Gasteiger partial charge in [0.1, 0.15) is 0 Å². The Morgan fingerprint density at radius 1 is 1.13 bits per heavy atom. The fourth-order valence-corrected chi connectivity index (χ4v) is 2.10. The number of hydrogen-bond acceptors (Lipinski definition) is 0. The molecule has 0 bridgehead atoms. The summed E-state index contributed by atoms with van der Waals surface area (Å²) in [5.74, 6) is 0. The van der Waals surface area contributed by atoms with Crippen molar-refractivity contribution in [2.75, 3.05) is 0 Å². The standard InChI is InChI=1S/C14H21Cl/c1-4-14(15)7-5-6-13-9-11(2)8-12(3)10-13/h8-10,14H,4-7H2,1-3H3. The molecule has 0 N–H and O–H groups in total. The van der Waals surface area contributed by atoms with Gasteiger partial charge in [0.2, 0.25) is 0 Å². The molecule has 1 aromatic rings. The molecule has 0 saturated carbocycles. The molecule has 84 valence electrons. The highest BCUT2D eigenvalue weighted by molar-refractivity contribution is 6.20. The lowest BCUT2D eigenvalue weighted by Gasteiger charge is -2.07. The van der Waals surface area contributed by atoms with Gasteiger partial charge in [-0.15, -0.1) is 11.6 Å². The van der Waals surface area contributed by atoms with Crippen LogP contribution in [-0.4, -0.2) is 5.38 Å². The summed E-state index contributed by atoms with van der Waals surface area (Å²) in [6, 6.07) is 6.78. The van der Waals surface area contributed by atoms with E-state index < -0.39 is 0 Å². The molecular formula is C14H21Cl. The Bertz CT molecular complexity index is 284. The monoisotopic (exact) mass is 224 g/mol. The summed E-state index contributed by atoms with van der Waals surface area (Å²) >= 11 is 6.09. The first-order chi connectivity index (χ1) is 7.11. The van der Waals surface area contributed by atoms with Crippen LogP contribution in [0.25, 0.3) is 0 Å². The average molecular weight is 225 g/mol. The topological polar surface area (TPSA) is 0 Å². The maximum atomic E-state index is 6.09. The van der Waals surface area contributed by atoms with Crippen molar-refractivity contribution >= 4 is 11.6 Å². The zero-order valence-corrected chi connectivity index (χ0v) is 10.8. The molecule has 1 atom stereocenters. The molecule has 0 radical (unpaired) electrons. The normalized spacial score (nSPS) is 12.8. The zero-order chi connectivity index (χ0) is 11.3. The van der Waals surface area contributed by atoms with Gasteiger partial charge in [-0.25, -0.2) is 0 Å². The van der Waals surface area contributed by atoms with Crippen LogP contribution in [0.2, 0.25) is 0 Å². The highest BCUT2D eigenvalue weighted by atomic mass is 35.5. The molecule has 0 nitrogen and oxygen atoms in total. The fraction of sp³-hybridized carbons (Fsp3) is 0.571. The minimum absolute atomic E-state index is 0.357. The van der Waals surface area contributed by atoms with E-state index in [1.807, 2.05) is 0 Å². The third-order valence-corrected chi connectivity index (χ3v) is 3.23. The van der Waals surface area contributed by atoms with E-state index in [9.17, 15) is 0 Å². The number of halogens is 1. The SMILES string of the molecule is CCC(Cl)CCCc1cc(C)cc(C)c1. The van der Waals surface area contributed by atoms with Crippen LogP contribution in [0.1, 0.15) is 42.9 Å². The lowest BCUT2D eigenvalue weighted by atomic mass is 10.0. The number of alkyl halides is 1. The summed E-state index contributed by atoms with van der Waals surface area (Å²) in [5, 5.41) is 0.357. The van der Waals surface area contributed by atoms with Gasteiger partial charge in [0.15, 0.2) is 0 Å². The van der Waals surface area contributed by atoms with Crippen molar-refractivity contribution in [3.63, 3.8) is 0 Å². The molecule has 1 unspecified atom stereocenters. The third kappa shape index (κ3) is 4.70. The van der Waals surface area contributed by atoms with Crippen molar-refractivity contribution in [3.8, 4) is 0 Å². The summed E-state index contributed by atoms with van der Waals surface area (Å²) in [7, 11) is 0. The first-order valence-electron chi connectivity index (χ1n) is 5.83. The molecule has 0 fully saturated rings. The van der Waals surface area contributed by atoms with Crippen LogP contribution >= 0.6 is 11.6 Å². The molecule has 0 spiro atoms. The van der Waals surface area contributed by atoms with Crippen molar-refractivity contribution in [2.24, 2.45) is 0 Å². The Labute approximate surface area is 98.7 Å². The summed E-state index contributed by atoms with van der Waals surface area (Å²) < 4.78 is 0. The van der Waals surface area contributed by atoms with Gasteiger partial charge in [0, 0.05) is 5.38 Å². The van der Waals surface area contributed by atoms with Crippen molar-refractivity contribution in [3.05, 3.63) is 34.9 Å². The van der Waals surface area contributed by atoms with Crippen LogP contribution in [0.4, 0.5) is 0 Å². The van der Waals surface area contributed by atoms with Gasteiger partial charge in [0.25, 0.3) is 0 Å². The maximum absolute atomic E-state index is 6.09. The molecular weight excluding hydrogens is 204 g/mol. The number of aryl methyl sites for hydroxylation is 3. The molecule has 15 heavy (non-hydrogen) atoms. The van der Waals surface area contributed by atoms with E-state index in [2.05, 4.69) is 39.0 Å². The third-order valence-electron chi connectivity index (χ3n) is 2.71. The van der Waals surface area contributed by atoms with Gasteiger partial charge in [-0.05, 0) is 45.1 Å². The van der Waals surface area contributed by atoms with Gasteiger partial charge >= 0.3 is 0 Å². The quantitative estimate of drug-likeness (QED) is 0.639. The van der Waals surface area contributed by atoms with E-state index in [0.717, 1.165) is 19.3 Å². The predicted octanol–water partition coefficient (Wildman–Crippen LogP) is 4.64. The van der Waals surface area contributed by atoms with E-state index in [4.69, 9.17) is 11.6 Å². The van der Waals surface area contributed by atoms with E-state index in [1.54, 1.807) is 0 Å².